The molecule has 2 aromatic rings. The van der Waals surface area contributed by atoms with Gasteiger partial charge in [-0.05, 0) is 24.3 Å². The highest BCUT2D eigenvalue weighted by atomic mass is 32.2. The summed E-state index contributed by atoms with van der Waals surface area (Å²) in [5.74, 6) is -0.651. The van der Waals surface area contributed by atoms with Gasteiger partial charge in [0.25, 0.3) is 10.0 Å². The second kappa shape index (κ2) is 6.18. The number of benzene rings is 1. The number of nitriles is 1. The molecule has 2 heterocycles. The molecule has 3 rings (SSSR count). The van der Waals surface area contributed by atoms with Crippen molar-refractivity contribution in [3.05, 3.63) is 48.3 Å². The van der Waals surface area contributed by atoms with Crippen LogP contribution in [0.15, 0.2) is 47.5 Å². The molecule has 1 atom stereocenters. The molecule has 0 spiro atoms. The van der Waals surface area contributed by atoms with Crippen molar-refractivity contribution in [2.75, 3.05) is 22.8 Å². The van der Waals surface area contributed by atoms with Gasteiger partial charge < -0.3 is 4.90 Å². The zero-order chi connectivity index (χ0) is 18.2. The Balaban J connectivity index is 2.15. The van der Waals surface area contributed by atoms with Crippen molar-refractivity contribution in [3.8, 4) is 6.07 Å². The molecule has 0 saturated heterocycles. The van der Waals surface area contributed by atoms with Gasteiger partial charge in [-0.2, -0.15) is 5.26 Å². The molecular weight excluding hydrogens is 340 g/mol. The first-order valence-electron chi connectivity index (χ1n) is 7.61. The molecule has 1 aliphatic heterocycles. The second-order valence-corrected chi connectivity index (χ2v) is 7.68. The first-order valence-corrected chi connectivity index (χ1v) is 9.05. The van der Waals surface area contributed by atoms with Crippen LogP contribution >= 0.6 is 0 Å². The van der Waals surface area contributed by atoms with E-state index in [0.29, 0.717) is 11.4 Å². The maximum Gasteiger partial charge on any atom is 0.265 e. The monoisotopic (exact) mass is 356 g/mol. The second-order valence-electron chi connectivity index (χ2n) is 5.81. The Bertz CT molecular complexity index is 964. The molecule has 25 heavy (non-hydrogen) atoms. The minimum absolute atomic E-state index is 0.0227. The number of aromatic nitrogens is 1. The first kappa shape index (κ1) is 16.9. The Morgan fingerprint density at radius 1 is 1.20 bits per heavy atom. The summed E-state index contributed by atoms with van der Waals surface area (Å²) >= 11 is 0. The molecular formula is C17H16N4O3S. The zero-order valence-corrected chi connectivity index (χ0v) is 14.6. The van der Waals surface area contributed by atoms with Gasteiger partial charge >= 0.3 is 0 Å². The predicted molar refractivity (Wildman–Crippen MR) is 92.5 cm³/mol. The minimum atomic E-state index is -3.92. The fraction of sp³-hybridized carbons (Fsp3) is 0.235. The third-order valence-electron chi connectivity index (χ3n) is 4.14. The van der Waals surface area contributed by atoms with E-state index in [4.69, 9.17) is 5.26 Å². The third kappa shape index (κ3) is 2.83. The van der Waals surface area contributed by atoms with E-state index < -0.39 is 15.9 Å². The van der Waals surface area contributed by atoms with Gasteiger partial charge in [0, 0.05) is 19.8 Å². The molecule has 1 amide bonds. The Morgan fingerprint density at radius 2 is 1.88 bits per heavy atom. The van der Waals surface area contributed by atoms with Gasteiger partial charge in [0.05, 0.1) is 17.3 Å². The zero-order valence-electron chi connectivity index (χ0n) is 13.7. The van der Waals surface area contributed by atoms with E-state index >= 15 is 0 Å². The fourth-order valence-corrected chi connectivity index (χ4v) is 4.30. The van der Waals surface area contributed by atoms with E-state index in [2.05, 4.69) is 4.98 Å². The van der Waals surface area contributed by atoms with E-state index in [1.807, 2.05) is 6.07 Å². The molecule has 0 aliphatic carbocycles. The number of nitrogens with zero attached hydrogens (tertiary/aromatic N) is 4. The molecule has 0 saturated carbocycles. The number of carbonyl (C=O) groups excluding carboxylic acids is 1. The number of anilines is 2. The van der Waals surface area contributed by atoms with Crippen molar-refractivity contribution in [1.29, 1.82) is 5.26 Å². The van der Waals surface area contributed by atoms with E-state index in [1.165, 1.54) is 21.3 Å². The highest BCUT2D eigenvalue weighted by Gasteiger charge is 2.35. The van der Waals surface area contributed by atoms with Gasteiger partial charge in [-0.15, -0.1) is 0 Å². The normalized spacial score (nSPS) is 17.6. The molecule has 1 aromatic heterocycles. The fourth-order valence-electron chi connectivity index (χ4n) is 2.79. The molecule has 7 nitrogen and oxygen atoms in total. The number of fused-ring (bicyclic) bond motifs is 1. The van der Waals surface area contributed by atoms with Gasteiger partial charge in [-0.3, -0.25) is 9.10 Å². The molecule has 1 aliphatic rings. The van der Waals surface area contributed by atoms with Crippen LogP contribution in [0.5, 0.6) is 0 Å². The maximum atomic E-state index is 13.1. The van der Waals surface area contributed by atoms with Gasteiger partial charge in [-0.25, -0.2) is 13.4 Å². The van der Waals surface area contributed by atoms with E-state index in [9.17, 15) is 13.2 Å². The number of amides is 1. The highest BCUT2D eigenvalue weighted by molar-refractivity contribution is 7.92. The van der Waals surface area contributed by atoms with Gasteiger partial charge in [-0.1, -0.05) is 19.1 Å². The van der Waals surface area contributed by atoms with Gasteiger partial charge in [0.1, 0.15) is 16.7 Å². The van der Waals surface area contributed by atoms with Crippen LogP contribution in [-0.2, 0) is 14.8 Å². The molecule has 0 N–H and O–H groups in total. The number of hydrogen-bond donors (Lipinski definition) is 0. The van der Waals surface area contributed by atoms with E-state index in [-0.39, 0.29) is 23.0 Å². The molecule has 0 radical (unpaired) electrons. The average Bonchev–Trinajstić information content (AvgIpc) is 2.73. The van der Waals surface area contributed by atoms with Crippen molar-refractivity contribution in [1.82, 2.24) is 4.98 Å². The van der Waals surface area contributed by atoms with Crippen LogP contribution in [0.3, 0.4) is 0 Å². The Kier molecular flexibility index (Phi) is 4.18. The third-order valence-corrected chi connectivity index (χ3v) is 5.91. The maximum absolute atomic E-state index is 13.1. The molecule has 1 unspecified atom stereocenters. The van der Waals surface area contributed by atoms with E-state index in [0.717, 1.165) is 6.20 Å². The van der Waals surface area contributed by atoms with Crippen LogP contribution < -0.4 is 9.21 Å². The summed E-state index contributed by atoms with van der Waals surface area (Å²) in [6.07, 6.45) is 1.16. The lowest BCUT2D eigenvalue weighted by Gasteiger charge is -2.25. The summed E-state index contributed by atoms with van der Waals surface area (Å²) in [7, 11) is -2.29. The van der Waals surface area contributed by atoms with Gasteiger partial charge in [0.15, 0.2) is 0 Å². The molecule has 8 heteroatoms. The lowest BCUT2D eigenvalue weighted by molar-refractivity contribution is -0.121. The van der Waals surface area contributed by atoms with Crippen LogP contribution in [-0.4, -0.2) is 32.9 Å². The minimum Gasteiger partial charge on any atom is -0.313 e. The number of pyridine rings is 1. The number of sulfonamides is 1. The number of carbonyl (C=O) groups is 1. The quantitative estimate of drug-likeness (QED) is 0.817. The smallest absolute Gasteiger partial charge is 0.265 e. The van der Waals surface area contributed by atoms with Crippen molar-refractivity contribution in [2.24, 2.45) is 5.92 Å². The van der Waals surface area contributed by atoms with Crippen molar-refractivity contribution in [3.63, 3.8) is 0 Å². The number of para-hydroxylation sites is 2. The number of hydrogen-bond acceptors (Lipinski definition) is 5. The standard InChI is InChI=1S/C17H16N4O3S/c1-12-11-21(16-6-4-3-5-15(16)20(2)17(12)22)25(23,24)14-8-7-13(9-18)19-10-14/h3-8,10,12H,11H2,1-2H3. The highest BCUT2D eigenvalue weighted by Crippen LogP contribution is 2.36. The van der Waals surface area contributed by atoms with Crippen molar-refractivity contribution < 1.29 is 13.2 Å². The summed E-state index contributed by atoms with van der Waals surface area (Å²) in [4.78, 5) is 17.8. The lowest BCUT2D eigenvalue weighted by Crippen LogP contribution is -2.37. The largest absolute Gasteiger partial charge is 0.313 e. The summed E-state index contributed by atoms with van der Waals surface area (Å²) in [5, 5.41) is 8.83. The molecule has 1 aromatic carbocycles. The van der Waals surface area contributed by atoms with E-state index in [1.54, 1.807) is 38.2 Å². The van der Waals surface area contributed by atoms with Crippen LogP contribution in [0.4, 0.5) is 11.4 Å². The summed E-state index contributed by atoms with van der Waals surface area (Å²) in [5.41, 5.74) is 1.10. The Morgan fingerprint density at radius 3 is 2.48 bits per heavy atom. The topological polar surface area (TPSA) is 94.4 Å². The van der Waals surface area contributed by atoms with Crippen LogP contribution in [0.2, 0.25) is 0 Å². The Hall–Kier alpha value is -2.92. The van der Waals surface area contributed by atoms with Gasteiger partial charge in [0.2, 0.25) is 5.91 Å². The Labute approximate surface area is 146 Å². The molecule has 0 fully saturated rings. The molecule has 128 valence electrons. The van der Waals surface area contributed by atoms with Crippen LogP contribution in [0.1, 0.15) is 12.6 Å². The SMILES string of the molecule is CC1CN(S(=O)(=O)c2ccc(C#N)nc2)c2ccccc2N(C)C1=O. The molecule has 0 bridgehead atoms. The summed E-state index contributed by atoms with van der Waals surface area (Å²) < 4.78 is 27.5. The lowest BCUT2D eigenvalue weighted by atomic mass is 10.1. The number of rotatable bonds is 2. The summed E-state index contributed by atoms with van der Waals surface area (Å²) in [6, 6.07) is 11.4. The first-order chi connectivity index (χ1) is 11.9. The summed E-state index contributed by atoms with van der Waals surface area (Å²) in [6.45, 7) is 1.73. The van der Waals surface area contributed by atoms with Crippen LogP contribution in [0.25, 0.3) is 0 Å². The van der Waals surface area contributed by atoms with Crippen molar-refractivity contribution in [2.45, 2.75) is 11.8 Å². The predicted octanol–water partition coefficient (Wildman–Crippen LogP) is 1.76. The van der Waals surface area contributed by atoms with Crippen molar-refractivity contribution >= 4 is 27.3 Å². The average molecular weight is 356 g/mol. The van der Waals surface area contributed by atoms with Crippen LogP contribution in [0, 0.1) is 17.2 Å².